The van der Waals surface area contributed by atoms with Crippen LogP contribution in [0, 0.1) is 6.92 Å². The fourth-order valence-electron chi connectivity index (χ4n) is 4.75. The number of aliphatic hydroxyl groups is 1. The van der Waals surface area contributed by atoms with Gasteiger partial charge >= 0.3 is 0 Å². The highest BCUT2D eigenvalue weighted by Gasteiger charge is 2.19. The number of hydrogen-bond donors (Lipinski definition) is 3. The number of nitrogens with zero attached hydrogens (tertiary/aromatic N) is 4. The normalized spacial score (nSPS) is 15.4. The summed E-state index contributed by atoms with van der Waals surface area (Å²) in [6.07, 6.45) is 3.21. The maximum Gasteiger partial charge on any atom is 0.154 e. The standard InChI is InChI=1S/C25H32N6O2S/c1-16-10-17-12-22(34-24(17)21(11-16)33-3)20-13-18(31-23(20)25(26-2)28-15-29-31)14-27-6-9-30-7-4-19(32)5-8-30/h10-13,15,19,27,32H,4-9,14H2,1-3H3,(H,26,28,29). The van der Waals surface area contributed by atoms with E-state index >= 15 is 0 Å². The molecule has 1 aliphatic heterocycles. The van der Waals surface area contributed by atoms with E-state index in [1.54, 1.807) is 24.8 Å². The summed E-state index contributed by atoms with van der Waals surface area (Å²) in [5.41, 5.74) is 4.38. The highest BCUT2D eigenvalue weighted by molar-refractivity contribution is 7.22. The van der Waals surface area contributed by atoms with Gasteiger partial charge in [-0.25, -0.2) is 9.50 Å². The van der Waals surface area contributed by atoms with Crippen molar-refractivity contribution in [2.45, 2.75) is 32.4 Å². The number of benzene rings is 1. The molecule has 0 amide bonds. The summed E-state index contributed by atoms with van der Waals surface area (Å²) < 4.78 is 8.80. The minimum Gasteiger partial charge on any atom is -0.495 e. The SMILES string of the molecule is CNc1ncnn2c(CNCCN3CCC(O)CC3)cc(-c3cc4cc(C)cc(OC)c4s3)c12. The van der Waals surface area contributed by atoms with E-state index in [9.17, 15) is 5.11 Å². The Morgan fingerprint density at radius 1 is 1.21 bits per heavy atom. The zero-order valence-electron chi connectivity index (χ0n) is 20.0. The lowest BCUT2D eigenvalue weighted by atomic mass is 10.1. The Morgan fingerprint density at radius 2 is 2.03 bits per heavy atom. The zero-order valence-corrected chi connectivity index (χ0v) is 20.8. The van der Waals surface area contributed by atoms with Crippen LogP contribution < -0.4 is 15.4 Å². The van der Waals surface area contributed by atoms with E-state index in [0.29, 0.717) is 6.54 Å². The second-order valence-corrected chi connectivity index (χ2v) is 9.97. The third-order valence-electron chi connectivity index (χ3n) is 6.54. The molecule has 0 unspecified atom stereocenters. The number of methoxy groups -OCH3 is 1. The average Bonchev–Trinajstić information content (AvgIpc) is 3.44. The van der Waals surface area contributed by atoms with Gasteiger partial charge in [0.1, 0.15) is 17.6 Å². The van der Waals surface area contributed by atoms with Crippen molar-refractivity contribution in [1.82, 2.24) is 24.8 Å². The first-order valence-electron chi connectivity index (χ1n) is 11.8. The van der Waals surface area contributed by atoms with Crippen molar-refractivity contribution in [2.24, 2.45) is 0 Å². The molecule has 4 heterocycles. The average molecular weight is 481 g/mol. The van der Waals surface area contributed by atoms with Gasteiger partial charge in [-0.15, -0.1) is 11.3 Å². The second kappa shape index (κ2) is 9.87. The van der Waals surface area contributed by atoms with Crippen LogP contribution in [-0.2, 0) is 6.54 Å². The minimum atomic E-state index is -0.131. The Morgan fingerprint density at radius 3 is 2.79 bits per heavy atom. The Kier molecular flexibility index (Phi) is 6.69. The van der Waals surface area contributed by atoms with E-state index in [4.69, 9.17) is 4.74 Å². The first-order chi connectivity index (χ1) is 16.6. The van der Waals surface area contributed by atoms with Gasteiger partial charge in [-0.3, -0.25) is 0 Å². The molecule has 3 aromatic heterocycles. The van der Waals surface area contributed by atoms with E-state index in [-0.39, 0.29) is 6.10 Å². The van der Waals surface area contributed by atoms with Crippen molar-refractivity contribution in [2.75, 3.05) is 45.7 Å². The Labute approximate surface area is 203 Å². The molecule has 3 N–H and O–H groups in total. The lowest BCUT2D eigenvalue weighted by Gasteiger charge is -2.29. The lowest BCUT2D eigenvalue weighted by Crippen LogP contribution is -2.39. The third-order valence-corrected chi connectivity index (χ3v) is 7.74. The third kappa shape index (κ3) is 4.48. The number of piperidine rings is 1. The number of fused-ring (bicyclic) bond motifs is 2. The molecule has 9 heteroatoms. The summed E-state index contributed by atoms with van der Waals surface area (Å²) in [6, 6.07) is 8.74. The van der Waals surface area contributed by atoms with Gasteiger partial charge in [0.05, 0.1) is 23.6 Å². The summed E-state index contributed by atoms with van der Waals surface area (Å²) in [5, 5.41) is 22.3. The molecule has 1 fully saturated rings. The predicted octanol–water partition coefficient (Wildman–Crippen LogP) is 3.52. The molecule has 0 saturated carbocycles. The van der Waals surface area contributed by atoms with Crippen LogP contribution in [0.25, 0.3) is 26.0 Å². The molecule has 0 spiro atoms. The molecule has 5 rings (SSSR count). The number of ether oxygens (including phenoxy) is 1. The molecule has 4 aromatic rings. The molecule has 180 valence electrons. The van der Waals surface area contributed by atoms with Crippen molar-refractivity contribution in [3.63, 3.8) is 0 Å². The predicted molar refractivity (Wildman–Crippen MR) is 138 cm³/mol. The number of aromatic nitrogens is 3. The summed E-state index contributed by atoms with van der Waals surface area (Å²) in [7, 11) is 3.62. The van der Waals surface area contributed by atoms with Crippen LogP contribution in [0.5, 0.6) is 5.75 Å². The van der Waals surface area contributed by atoms with Crippen molar-refractivity contribution in [1.29, 1.82) is 0 Å². The quantitative estimate of drug-likeness (QED) is 0.333. The topological polar surface area (TPSA) is 87.0 Å². The monoisotopic (exact) mass is 480 g/mol. The molecule has 0 aliphatic carbocycles. The number of anilines is 1. The summed E-state index contributed by atoms with van der Waals surface area (Å²) in [5.74, 6) is 1.72. The van der Waals surface area contributed by atoms with Crippen molar-refractivity contribution in [3.05, 3.63) is 41.9 Å². The summed E-state index contributed by atoms with van der Waals surface area (Å²) in [4.78, 5) is 8.06. The van der Waals surface area contributed by atoms with E-state index in [1.165, 1.54) is 15.8 Å². The molecule has 8 nitrogen and oxygen atoms in total. The van der Waals surface area contributed by atoms with Crippen LogP contribution in [0.15, 0.2) is 30.6 Å². The van der Waals surface area contributed by atoms with Crippen LogP contribution in [0.1, 0.15) is 24.1 Å². The smallest absolute Gasteiger partial charge is 0.154 e. The van der Waals surface area contributed by atoms with Gasteiger partial charge in [0.15, 0.2) is 5.82 Å². The number of aryl methyl sites for hydroxylation is 1. The fraction of sp³-hybridized carbons (Fsp3) is 0.440. The molecule has 1 aromatic carbocycles. The van der Waals surface area contributed by atoms with Crippen molar-refractivity contribution >= 4 is 32.8 Å². The van der Waals surface area contributed by atoms with Crippen LogP contribution in [0.4, 0.5) is 5.82 Å². The van der Waals surface area contributed by atoms with Gasteiger partial charge in [0.2, 0.25) is 0 Å². The van der Waals surface area contributed by atoms with Crippen LogP contribution in [-0.4, -0.2) is 71.0 Å². The molecule has 0 atom stereocenters. The first-order valence-corrected chi connectivity index (χ1v) is 12.6. The van der Waals surface area contributed by atoms with Gasteiger partial charge in [-0.1, -0.05) is 6.07 Å². The molecule has 0 radical (unpaired) electrons. The van der Waals surface area contributed by atoms with Crippen LogP contribution in [0.2, 0.25) is 0 Å². The number of nitrogens with one attached hydrogen (secondary N) is 2. The van der Waals surface area contributed by atoms with E-state index in [1.807, 2.05) is 11.6 Å². The van der Waals surface area contributed by atoms with E-state index in [0.717, 1.165) is 72.1 Å². The minimum absolute atomic E-state index is 0.131. The lowest BCUT2D eigenvalue weighted by molar-refractivity contribution is 0.0830. The van der Waals surface area contributed by atoms with Gasteiger partial charge in [-0.2, -0.15) is 5.10 Å². The summed E-state index contributed by atoms with van der Waals surface area (Å²) in [6.45, 7) is 6.61. The molecule has 1 aliphatic rings. The van der Waals surface area contributed by atoms with Crippen LogP contribution in [0.3, 0.4) is 0 Å². The van der Waals surface area contributed by atoms with Crippen molar-refractivity contribution < 1.29 is 9.84 Å². The molecule has 1 saturated heterocycles. The fourth-order valence-corrected chi connectivity index (χ4v) is 5.90. The summed E-state index contributed by atoms with van der Waals surface area (Å²) >= 11 is 1.74. The van der Waals surface area contributed by atoms with Gasteiger partial charge in [0, 0.05) is 50.2 Å². The highest BCUT2D eigenvalue weighted by Crippen LogP contribution is 2.42. The number of thiophene rings is 1. The van der Waals surface area contributed by atoms with E-state index < -0.39 is 0 Å². The van der Waals surface area contributed by atoms with Gasteiger partial charge in [0.25, 0.3) is 0 Å². The maximum absolute atomic E-state index is 9.71. The molecule has 34 heavy (non-hydrogen) atoms. The van der Waals surface area contributed by atoms with Crippen molar-refractivity contribution in [3.8, 4) is 16.2 Å². The number of rotatable bonds is 8. The van der Waals surface area contributed by atoms with Gasteiger partial charge < -0.3 is 25.4 Å². The van der Waals surface area contributed by atoms with Gasteiger partial charge in [-0.05, 0) is 48.9 Å². The highest BCUT2D eigenvalue weighted by atomic mass is 32.1. The Hall–Kier alpha value is -2.72. The molecular formula is C25H32N6O2S. The largest absolute Gasteiger partial charge is 0.495 e. The number of likely N-dealkylation sites (tertiary alicyclic amines) is 1. The first kappa shape index (κ1) is 23.0. The maximum atomic E-state index is 9.71. The van der Waals surface area contributed by atoms with E-state index in [2.05, 4.69) is 56.8 Å². The second-order valence-electron chi connectivity index (χ2n) is 8.91. The molecular weight excluding hydrogens is 448 g/mol. The van der Waals surface area contributed by atoms with Crippen LogP contribution >= 0.6 is 11.3 Å². The Balaban J connectivity index is 1.43. The molecule has 0 bridgehead atoms. The number of hydrogen-bond acceptors (Lipinski definition) is 8. The number of aliphatic hydroxyl groups excluding tert-OH is 1. The Bertz CT molecular complexity index is 1290. The zero-order chi connectivity index (χ0) is 23.7.